The molecule has 0 saturated heterocycles. The zero-order valence-electron chi connectivity index (χ0n) is 16.7. The van der Waals surface area contributed by atoms with Crippen LogP contribution in [0.5, 0.6) is 5.75 Å². The number of alkyl halides is 3. The molecule has 2 aromatic rings. The molecule has 1 aromatic carbocycles. The van der Waals surface area contributed by atoms with E-state index in [0.717, 1.165) is 11.8 Å². The maximum atomic E-state index is 13.4. The molecule has 6 rings (SSSR count). The Morgan fingerprint density at radius 1 is 1.28 bits per heavy atom. The number of nitrogens with one attached hydrogen (secondary N) is 1. The van der Waals surface area contributed by atoms with Crippen molar-refractivity contribution in [3.05, 3.63) is 40.9 Å². The van der Waals surface area contributed by atoms with Gasteiger partial charge in [0.05, 0.1) is 22.9 Å². The van der Waals surface area contributed by atoms with Crippen LogP contribution in [0.2, 0.25) is 5.02 Å². The Labute approximate surface area is 185 Å². The minimum atomic E-state index is -4.62. The zero-order valence-corrected chi connectivity index (χ0v) is 17.4. The maximum Gasteiger partial charge on any atom is 0.522 e. The van der Waals surface area contributed by atoms with E-state index in [1.165, 1.54) is 12.1 Å². The van der Waals surface area contributed by atoms with Crippen molar-refractivity contribution >= 4 is 17.5 Å². The van der Waals surface area contributed by atoms with Crippen molar-refractivity contribution in [1.29, 1.82) is 0 Å². The fraction of sp³-hybridized carbons (Fsp3) is 0.550. The largest absolute Gasteiger partial charge is 0.522 e. The fourth-order valence-corrected chi connectivity index (χ4v) is 5.09. The molecular weight excluding hydrogens is 456 g/mol. The average Bonchev–Trinajstić information content (AvgIpc) is 3.09. The third kappa shape index (κ3) is 3.92. The smallest absolute Gasteiger partial charge is 0.484 e. The van der Waals surface area contributed by atoms with Gasteiger partial charge in [-0.1, -0.05) is 16.8 Å². The van der Waals surface area contributed by atoms with Crippen molar-refractivity contribution in [2.45, 2.75) is 61.6 Å². The molecule has 0 unspecified atom stereocenters. The van der Waals surface area contributed by atoms with E-state index in [1.807, 2.05) is 0 Å². The molecule has 1 heterocycles. The highest BCUT2D eigenvalue weighted by Crippen LogP contribution is 2.67. The number of hydrogen-bond donors (Lipinski definition) is 1. The Hall–Kier alpha value is -2.40. The lowest BCUT2D eigenvalue weighted by molar-refractivity contribution is -0.353. The number of carbonyl (C=O) groups excluding carboxylic acids is 1. The molecule has 12 heteroatoms. The first kappa shape index (κ1) is 21.4. The summed E-state index contributed by atoms with van der Waals surface area (Å²) in [4.78, 5) is 12.2. The topological polar surface area (TPSA) is 78.3 Å². The average molecular weight is 475 g/mol. The number of ether oxygens (including phenoxy) is 2. The van der Waals surface area contributed by atoms with Crippen molar-refractivity contribution in [2.24, 2.45) is 0 Å². The molecule has 7 nitrogen and oxygen atoms in total. The van der Waals surface area contributed by atoms with Crippen LogP contribution in [-0.2, 0) is 14.9 Å². The van der Waals surface area contributed by atoms with E-state index in [2.05, 4.69) is 20.4 Å². The lowest BCUT2D eigenvalue weighted by atomic mass is 9.38. The molecule has 0 atom stereocenters. The molecule has 4 saturated carbocycles. The Morgan fingerprint density at radius 3 is 2.66 bits per heavy atom. The van der Waals surface area contributed by atoms with E-state index >= 15 is 0 Å². The van der Waals surface area contributed by atoms with Crippen molar-refractivity contribution < 1.29 is 31.8 Å². The first-order valence-corrected chi connectivity index (χ1v) is 10.5. The SMILES string of the molecule is O=C(COc1ccc(Cl)c(F)c1)NC12CC(c3cn(C4CC(OC(F)(F)F)C4)nn3)(C1)C2. The highest BCUT2D eigenvalue weighted by atomic mass is 35.5. The van der Waals surface area contributed by atoms with Crippen LogP contribution in [0.4, 0.5) is 17.6 Å². The van der Waals surface area contributed by atoms with Gasteiger partial charge >= 0.3 is 6.36 Å². The molecule has 172 valence electrons. The normalized spacial score (nSPS) is 30.7. The summed E-state index contributed by atoms with van der Waals surface area (Å²) in [5, 5.41) is 11.2. The monoisotopic (exact) mass is 474 g/mol. The summed E-state index contributed by atoms with van der Waals surface area (Å²) < 4.78 is 61.1. The predicted octanol–water partition coefficient (Wildman–Crippen LogP) is 3.68. The number of aromatic nitrogens is 3. The van der Waals surface area contributed by atoms with Gasteiger partial charge < -0.3 is 10.1 Å². The van der Waals surface area contributed by atoms with E-state index in [0.29, 0.717) is 19.3 Å². The summed E-state index contributed by atoms with van der Waals surface area (Å²) in [6.07, 6.45) is -1.05. The Balaban J connectivity index is 1.08. The number of amides is 1. The van der Waals surface area contributed by atoms with Crippen LogP contribution in [0.1, 0.15) is 43.8 Å². The number of hydrogen-bond acceptors (Lipinski definition) is 5. The van der Waals surface area contributed by atoms with E-state index < -0.39 is 18.3 Å². The van der Waals surface area contributed by atoms with Gasteiger partial charge in [-0.2, -0.15) is 0 Å². The second-order valence-corrected chi connectivity index (χ2v) is 9.31. The molecule has 1 N–H and O–H groups in total. The van der Waals surface area contributed by atoms with Gasteiger partial charge in [0.1, 0.15) is 11.6 Å². The first-order valence-electron chi connectivity index (χ1n) is 10.1. The highest BCUT2D eigenvalue weighted by Gasteiger charge is 2.70. The third-order valence-corrected chi connectivity index (χ3v) is 6.80. The molecule has 0 spiro atoms. The van der Waals surface area contributed by atoms with Gasteiger partial charge in [-0.25, -0.2) is 9.07 Å². The number of rotatable bonds is 7. The van der Waals surface area contributed by atoms with Gasteiger partial charge in [0, 0.05) is 23.2 Å². The van der Waals surface area contributed by atoms with Gasteiger partial charge in [-0.05, 0) is 44.2 Å². The van der Waals surface area contributed by atoms with Crippen LogP contribution in [0.25, 0.3) is 0 Å². The van der Waals surface area contributed by atoms with Crippen LogP contribution in [0.3, 0.4) is 0 Å². The van der Waals surface area contributed by atoms with Gasteiger partial charge in [0.15, 0.2) is 6.61 Å². The summed E-state index contributed by atoms with van der Waals surface area (Å²) in [6.45, 7) is -0.241. The fourth-order valence-electron chi connectivity index (χ4n) is 4.98. The highest BCUT2D eigenvalue weighted by molar-refractivity contribution is 6.30. The van der Waals surface area contributed by atoms with Crippen molar-refractivity contribution in [1.82, 2.24) is 20.3 Å². The Kier molecular flexibility index (Phi) is 4.90. The van der Waals surface area contributed by atoms with Gasteiger partial charge in [0.2, 0.25) is 0 Å². The molecule has 1 aromatic heterocycles. The van der Waals surface area contributed by atoms with Crippen LogP contribution in [0, 0.1) is 5.82 Å². The summed E-state index contributed by atoms with van der Waals surface area (Å²) in [5.41, 5.74) is 0.330. The van der Waals surface area contributed by atoms with Crippen molar-refractivity contribution in [3.63, 3.8) is 0 Å². The Morgan fingerprint density at radius 2 is 2.00 bits per heavy atom. The van der Waals surface area contributed by atoms with Gasteiger partial charge in [-0.3, -0.25) is 9.53 Å². The molecule has 2 bridgehead atoms. The van der Waals surface area contributed by atoms with Crippen molar-refractivity contribution in [3.8, 4) is 5.75 Å². The van der Waals surface area contributed by atoms with Crippen LogP contribution >= 0.6 is 11.6 Å². The molecular formula is C20H19ClF4N4O3. The molecule has 4 aliphatic carbocycles. The number of carbonyl (C=O) groups is 1. The second kappa shape index (κ2) is 7.31. The molecule has 32 heavy (non-hydrogen) atoms. The number of nitrogens with zero attached hydrogens (tertiary/aromatic N) is 3. The molecule has 1 amide bonds. The molecule has 0 radical (unpaired) electrons. The van der Waals surface area contributed by atoms with Crippen molar-refractivity contribution in [2.75, 3.05) is 6.61 Å². The van der Waals surface area contributed by atoms with E-state index in [9.17, 15) is 22.4 Å². The van der Waals surface area contributed by atoms with Crippen LogP contribution in [-0.4, -0.2) is 45.5 Å². The van der Waals surface area contributed by atoms with Crippen LogP contribution < -0.4 is 10.1 Å². The summed E-state index contributed by atoms with van der Waals surface area (Å²) >= 11 is 5.62. The quantitative estimate of drug-likeness (QED) is 0.619. The second-order valence-electron chi connectivity index (χ2n) is 8.90. The van der Waals surface area contributed by atoms with E-state index in [4.69, 9.17) is 16.3 Å². The zero-order chi connectivity index (χ0) is 22.7. The molecule has 4 fully saturated rings. The minimum Gasteiger partial charge on any atom is -0.484 e. The Bertz CT molecular complexity index is 1030. The third-order valence-electron chi connectivity index (χ3n) is 6.49. The summed E-state index contributed by atoms with van der Waals surface area (Å²) in [5.74, 6) is -0.710. The minimum absolute atomic E-state index is 0.0235. The van der Waals surface area contributed by atoms with E-state index in [-0.39, 0.29) is 53.1 Å². The lowest BCUT2D eigenvalue weighted by Gasteiger charge is -2.69. The first-order chi connectivity index (χ1) is 15.0. The predicted molar refractivity (Wildman–Crippen MR) is 103 cm³/mol. The summed E-state index contributed by atoms with van der Waals surface area (Å²) in [6, 6.07) is 3.81. The molecule has 0 aliphatic heterocycles. The summed E-state index contributed by atoms with van der Waals surface area (Å²) in [7, 11) is 0. The van der Waals surface area contributed by atoms with Gasteiger partial charge in [-0.15, -0.1) is 18.3 Å². The van der Waals surface area contributed by atoms with E-state index in [1.54, 1.807) is 10.9 Å². The van der Waals surface area contributed by atoms with Crippen LogP contribution in [0.15, 0.2) is 24.4 Å². The number of benzene rings is 1. The van der Waals surface area contributed by atoms with Gasteiger partial charge in [0.25, 0.3) is 5.91 Å². The standard InChI is InChI=1S/C20H19ClF4N4O3/c21-14-2-1-12(5-15(14)22)31-7-17(30)26-19-8-18(9-19,10-19)16-6-29(28-27-16)11-3-13(4-11)32-20(23,24)25/h1-2,5-6,11,13H,3-4,7-10H2,(H,26,30). The number of halogens is 5. The maximum absolute atomic E-state index is 13.4. The lowest BCUT2D eigenvalue weighted by Crippen LogP contribution is -2.77. The molecule has 4 aliphatic rings.